The average Bonchev–Trinajstić information content (AvgIpc) is 3.24. The zero-order valence-electron chi connectivity index (χ0n) is 19.7. The van der Waals surface area contributed by atoms with Crippen molar-refractivity contribution in [1.82, 2.24) is 15.1 Å². The summed E-state index contributed by atoms with van der Waals surface area (Å²) in [4.78, 5) is 13.5. The Balaban J connectivity index is 1.49. The van der Waals surface area contributed by atoms with Gasteiger partial charge in [0.05, 0.1) is 12.2 Å². The molecule has 33 heavy (non-hydrogen) atoms. The lowest BCUT2D eigenvalue weighted by molar-refractivity contribution is 0.0912. The number of rotatable bonds is 6. The fourth-order valence-corrected chi connectivity index (χ4v) is 5.86. The van der Waals surface area contributed by atoms with Crippen LogP contribution in [0.3, 0.4) is 0 Å². The Labute approximate surface area is 197 Å². The summed E-state index contributed by atoms with van der Waals surface area (Å²) in [5.74, 6) is 0.871. The van der Waals surface area contributed by atoms with Gasteiger partial charge in [0.15, 0.2) is 5.69 Å². The molecule has 2 aliphatic rings. The summed E-state index contributed by atoms with van der Waals surface area (Å²) in [5, 5.41) is 8.30. The van der Waals surface area contributed by atoms with Crippen molar-refractivity contribution in [1.29, 1.82) is 0 Å². The summed E-state index contributed by atoms with van der Waals surface area (Å²) in [6.07, 6.45) is 9.44. The third-order valence-electron chi connectivity index (χ3n) is 7.65. The highest BCUT2D eigenvalue weighted by molar-refractivity contribution is 5.94. The molecule has 0 radical (unpaired) electrons. The fraction of sp³-hybridized carbons (Fsp3) is 0.448. The molecule has 0 bridgehead atoms. The van der Waals surface area contributed by atoms with Crippen molar-refractivity contribution in [2.45, 2.75) is 76.8 Å². The lowest BCUT2D eigenvalue weighted by Gasteiger charge is -2.28. The maximum atomic E-state index is 13.5. The Bertz CT molecular complexity index is 1070. The van der Waals surface area contributed by atoms with Crippen molar-refractivity contribution < 1.29 is 4.79 Å². The minimum Gasteiger partial charge on any atom is -0.348 e. The van der Waals surface area contributed by atoms with Gasteiger partial charge in [-0.15, -0.1) is 0 Å². The minimum atomic E-state index is 0.00449. The summed E-state index contributed by atoms with van der Waals surface area (Å²) < 4.78 is 2.11. The SMILES string of the molecule is CC(NC(=O)c1nn(Cc2ccccc2)c2c1CCCC2c1ccccc1)C1CCCCC1. The van der Waals surface area contributed by atoms with Crippen LogP contribution in [0.5, 0.6) is 0 Å². The molecule has 1 N–H and O–H groups in total. The quantitative estimate of drug-likeness (QED) is 0.502. The smallest absolute Gasteiger partial charge is 0.272 e. The van der Waals surface area contributed by atoms with Crippen LogP contribution in [0, 0.1) is 5.92 Å². The van der Waals surface area contributed by atoms with Crippen molar-refractivity contribution in [2.24, 2.45) is 5.92 Å². The average molecular weight is 442 g/mol. The van der Waals surface area contributed by atoms with Crippen molar-refractivity contribution in [2.75, 3.05) is 0 Å². The number of amides is 1. The van der Waals surface area contributed by atoms with E-state index in [1.54, 1.807) is 0 Å². The van der Waals surface area contributed by atoms with Gasteiger partial charge >= 0.3 is 0 Å². The molecule has 2 aliphatic carbocycles. The molecular weight excluding hydrogens is 406 g/mol. The molecule has 1 fully saturated rings. The Morgan fingerprint density at radius 2 is 1.67 bits per heavy atom. The van der Waals surface area contributed by atoms with E-state index in [4.69, 9.17) is 5.10 Å². The van der Waals surface area contributed by atoms with Crippen LogP contribution in [0.4, 0.5) is 0 Å². The van der Waals surface area contributed by atoms with Gasteiger partial charge in [0, 0.05) is 17.5 Å². The largest absolute Gasteiger partial charge is 0.348 e. The summed E-state index contributed by atoms with van der Waals surface area (Å²) in [7, 11) is 0. The van der Waals surface area contributed by atoms with Gasteiger partial charge in [-0.2, -0.15) is 5.10 Å². The number of nitrogens with zero attached hydrogens (tertiary/aromatic N) is 2. The summed E-state index contributed by atoms with van der Waals surface area (Å²) in [5.41, 5.74) is 5.55. The van der Waals surface area contributed by atoms with E-state index in [0.29, 0.717) is 18.2 Å². The highest BCUT2D eigenvalue weighted by Crippen LogP contribution is 2.38. The van der Waals surface area contributed by atoms with Crippen LogP contribution in [0.2, 0.25) is 0 Å². The predicted molar refractivity (Wildman–Crippen MR) is 132 cm³/mol. The summed E-state index contributed by atoms with van der Waals surface area (Å²) in [6, 6.07) is 21.4. The third kappa shape index (κ3) is 4.75. The Hall–Kier alpha value is -2.88. The lowest BCUT2D eigenvalue weighted by Crippen LogP contribution is -2.39. The van der Waals surface area contributed by atoms with E-state index >= 15 is 0 Å². The van der Waals surface area contributed by atoms with Crippen LogP contribution in [-0.4, -0.2) is 21.7 Å². The molecule has 1 saturated carbocycles. The standard InChI is InChI=1S/C29H35N3O/c1-21(23-14-7-3-8-15-23)30-29(33)27-26-19-11-18-25(24-16-9-4-10-17-24)28(26)32(31-27)20-22-12-5-2-6-13-22/h2,4-6,9-10,12-13,16-17,21,23,25H,3,7-8,11,14-15,18-20H2,1H3,(H,30,33). The predicted octanol–water partition coefficient (Wildman–Crippen LogP) is 6.10. The number of hydrogen-bond donors (Lipinski definition) is 1. The molecule has 2 aromatic carbocycles. The second-order valence-electron chi connectivity index (χ2n) is 9.87. The van der Waals surface area contributed by atoms with Gasteiger partial charge in [-0.05, 0) is 56.1 Å². The monoisotopic (exact) mass is 441 g/mol. The lowest BCUT2D eigenvalue weighted by atomic mass is 9.81. The Morgan fingerprint density at radius 1 is 0.970 bits per heavy atom. The van der Waals surface area contributed by atoms with Crippen LogP contribution in [0.15, 0.2) is 60.7 Å². The molecule has 172 valence electrons. The van der Waals surface area contributed by atoms with Crippen LogP contribution in [0.25, 0.3) is 0 Å². The fourth-order valence-electron chi connectivity index (χ4n) is 5.86. The number of carbonyl (C=O) groups is 1. The molecule has 0 aliphatic heterocycles. The summed E-state index contributed by atoms with van der Waals surface area (Å²) in [6.45, 7) is 2.87. The van der Waals surface area contributed by atoms with Gasteiger partial charge in [-0.3, -0.25) is 9.48 Å². The molecule has 1 amide bonds. The first-order valence-corrected chi connectivity index (χ1v) is 12.7. The van der Waals surface area contributed by atoms with Crippen molar-refractivity contribution >= 4 is 5.91 Å². The highest BCUT2D eigenvalue weighted by atomic mass is 16.2. The molecule has 4 nitrogen and oxygen atoms in total. The van der Waals surface area contributed by atoms with E-state index in [1.807, 2.05) is 6.07 Å². The first kappa shape index (κ1) is 21.9. The third-order valence-corrected chi connectivity index (χ3v) is 7.65. The maximum Gasteiger partial charge on any atom is 0.272 e. The Morgan fingerprint density at radius 3 is 2.39 bits per heavy atom. The molecule has 4 heteroatoms. The molecule has 3 aromatic rings. The topological polar surface area (TPSA) is 46.9 Å². The Kier molecular flexibility index (Phi) is 6.61. The minimum absolute atomic E-state index is 0.00449. The van der Waals surface area contributed by atoms with Gasteiger partial charge in [0.2, 0.25) is 0 Å². The summed E-state index contributed by atoms with van der Waals surface area (Å²) >= 11 is 0. The van der Waals surface area contributed by atoms with Gasteiger partial charge in [-0.1, -0.05) is 79.9 Å². The number of carbonyl (C=O) groups excluding carboxylic acids is 1. The first-order valence-electron chi connectivity index (χ1n) is 12.7. The number of nitrogens with one attached hydrogen (secondary N) is 1. The van der Waals surface area contributed by atoms with Crippen LogP contribution in [0.1, 0.15) is 90.7 Å². The van der Waals surface area contributed by atoms with Gasteiger partial charge in [-0.25, -0.2) is 0 Å². The zero-order valence-corrected chi connectivity index (χ0v) is 19.7. The molecule has 1 aromatic heterocycles. The molecule has 2 unspecified atom stereocenters. The number of benzene rings is 2. The molecule has 1 heterocycles. The van der Waals surface area contributed by atoms with Gasteiger partial charge in [0.25, 0.3) is 5.91 Å². The van der Waals surface area contributed by atoms with E-state index in [1.165, 1.54) is 48.9 Å². The van der Waals surface area contributed by atoms with Crippen LogP contribution < -0.4 is 5.32 Å². The normalized spacial score (nSPS) is 19.6. The van der Waals surface area contributed by atoms with E-state index in [0.717, 1.165) is 24.8 Å². The molecule has 0 spiro atoms. The zero-order chi connectivity index (χ0) is 22.6. The molecular formula is C29H35N3O. The van der Waals surface area contributed by atoms with Gasteiger partial charge in [0.1, 0.15) is 0 Å². The number of hydrogen-bond acceptors (Lipinski definition) is 2. The van der Waals surface area contributed by atoms with Gasteiger partial charge < -0.3 is 5.32 Å². The van der Waals surface area contributed by atoms with E-state index < -0.39 is 0 Å². The van der Waals surface area contributed by atoms with Crippen molar-refractivity contribution in [3.8, 4) is 0 Å². The highest BCUT2D eigenvalue weighted by Gasteiger charge is 2.32. The van der Waals surface area contributed by atoms with Crippen molar-refractivity contribution in [3.63, 3.8) is 0 Å². The van der Waals surface area contributed by atoms with E-state index in [2.05, 4.69) is 71.5 Å². The number of aromatic nitrogens is 2. The second-order valence-corrected chi connectivity index (χ2v) is 9.87. The second kappa shape index (κ2) is 9.94. The maximum absolute atomic E-state index is 13.5. The molecule has 2 atom stereocenters. The van der Waals surface area contributed by atoms with Crippen LogP contribution in [-0.2, 0) is 13.0 Å². The van der Waals surface area contributed by atoms with Crippen LogP contribution >= 0.6 is 0 Å². The van der Waals surface area contributed by atoms with Crippen molar-refractivity contribution in [3.05, 3.63) is 88.7 Å². The molecule has 5 rings (SSSR count). The first-order chi connectivity index (χ1) is 16.2. The molecule has 0 saturated heterocycles. The van der Waals surface area contributed by atoms with E-state index in [-0.39, 0.29) is 17.9 Å². The van der Waals surface area contributed by atoms with E-state index in [9.17, 15) is 4.79 Å². The number of fused-ring (bicyclic) bond motifs is 1.